The molecular weight excluding hydrogens is 479 g/mol. The lowest BCUT2D eigenvalue weighted by molar-refractivity contribution is -0.129. The van der Waals surface area contributed by atoms with Gasteiger partial charge in [0.25, 0.3) is 10.0 Å². The summed E-state index contributed by atoms with van der Waals surface area (Å²) in [4.78, 5) is 14.4. The SMILES string of the molecule is N=C(N)c1cccc(CN2CC[C@H](NS(=O)(=O)c3cc4c(Cl)cc(Cl)cc4s3)C2=O)c1. The van der Waals surface area contributed by atoms with Gasteiger partial charge in [0.05, 0.1) is 5.02 Å². The predicted molar refractivity (Wildman–Crippen MR) is 123 cm³/mol. The predicted octanol–water partition coefficient (Wildman–Crippen LogP) is 3.57. The minimum Gasteiger partial charge on any atom is -0.384 e. The van der Waals surface area contributed by atoms with Gasteiger partial charge in [0.2, 0.25) is 5.91 Å². The van der Waals surface area contributed by atoms with Crippen LogP contribution in [-0.4, -0.2) is 37.6 Å². The standard InChI is InChI=1S/C20H18Cl2N4O3S2/c21-13-7-15(22)14-9-18(30-17(14)8-13)31(28,29)25-16-4-5-26(20(16)27)10-11-2-1-3-12(6-11)19(23)24/h1-3,6-9,16,25H,4-5,10H2,(H3,23,24)/t16-/m0/s1. The van der Waals surface area contributed by atoms with Crippen LogP contribution in [0.15, 0.2) is 46.7 Å². The highest BCUT2D eigenvalue weighted by molar-refractivity contribution is 7.91. The summed E-state index contributed by atoms with van der Waals surface area (Å²) in [7, 11) is -3.91. The van der Waals surface area contributed by atoms with Crippen LogP contribution < -0.4 is 10.5 Å². The lowest BCUT2D eigenvalue weighted by Crippen LogP contribution is -2.41. The van der Waals surface area contributed by atoms with Gasteiger partial charge in [0, 0.05) is 33.8 Å². The number of nitrogens with one attached hydrogen (secondary N) is 2. The number of fused-ring (bicyclic) bond motifs is 1. The minimum absolute atomic E-state index is 0.0510. The first kappa shape index (κ1) is 22.0. The third-order valence-corrected chi connectivity index (χ3v) is 8.56. The van der Waals surface area contributed by atoms with Gasteiger partial charge in [0.1, 0.15) is 16.1 Å². The molecule has 0 spiro atoms. The molecular formula is C20H18Cl2N4O3S2. The van der Waals surface area contributed by atoms with Gasteiger partial charge in [-0.2, -0.15) is 4.72 Å². The maximum atomic E-state index is 12.9. The summed E-state index contributed by atoms with van der Waals surface area (Å²) >= 11 is 13.2. The van der Waals surface area contributed by atoms with Gasteiger partial charge in [0.15, 0.2) is 0 Å². The van der Waals surface area contributed by atoms with Crippen LogP contribution >= 0.6 is 34.5 Å². The van der Waals surface area contributed by atoms with E-state index in [0.717, 1.165) is 16.9 Å². The van der Waals surface area contributed by atoms with Crippen LogP contribution in [0.5, 0.6) is 0 Å². The third kappa shape index (κ3) is 4.56. The average Bonchev–Trinajstić information content (AvgIpc) is 3.28. The fourth-order valence-electron chi connectivity index (χ4n) is 3.48. The summed E-state index contributed by atoms with van der Waals surface area (Å²) < 4.78 is 29.1. The van der Waals surface area contributed by atoms with E-state index in [4.69, 9.17) is 34.3 Å². The van der Waals surface area contributed by atoms with E-state index in [1.54, 1.807) is 35.2 Å². The van der Waals surface area contributed by atoms with Crippen LogP contribution in [0.1, 0.15) is 17.5 Å². The number of carbonyl (C=O) groups is 1. The van der Waals surface area contributed by atoms with Crippen molar-refractivity contribution in [2.24, 2.45) is 5.73 Å². The van der Waals surface area contributed by atoms with Crippen LogP contribution in [0.25, 0.3) is 10.1 Å². The second-order valence-corrected chi connectivity index (χ2v) is 11.1. The molecule has 0 saturated carbocycles. The minimum atomic E-state index is -3.91. The number of likely N-dealkylation sites (tertiary alicyclic amines) is 1. The molecule has 0 radical (unpaired) electrons. The number of amidine groups is 1. The number of nitrogens with zero attached hydrogens (tertiary/aromatic N) is 1. The largest absolute Gasteiger partial charge is 0.384 e. The Labute approximate surface area is 193 Å². The monoisotopic (exact) mass is 496 g/mol. The number of nitrogens with two attached hydrogens (primary N) is 1. The molecule has 7 nitrogen and oxygen atoms in total. The van der Waals surface area contributed by atoms with Crippen LogP contribution in [0, 0.1) is 5.41 Å². The number of hydrogen-bond donors (Lipinski definition) is 3. The Bertz CT molecular complexity index is 1310. The molecule has 0 aliphatic carbocycles. The highest BCUT2D eigenvalue weighted by Crippen LogP contribution is 2.36. The first-order valence-corrected chi connectivity index (χ1v) is 12.3. The van der Waals surface area contributed by atoms with Gasteiger partial charge >= 0.3 is 0 Å². The quantitative estimate of drug-likeness (QED) is 0.357. The zero-order chi connectivity index (χ0) is 22.3. The van der Waals surface area contributed by atoms with Crippen molar-refractivity contribution in [2.75, 3.05) is 6.54 Å². The van der Waals surface area contributed by atoms with Crippen molar-refractivity contribution in [1.29, 1.82) is 5.41 Å². The van der Waals surface area contributed by atoms with Gasteiger partial charge in [-0.25, -0.2) is 8.42 Å². The molecule has 162 valence electrons. The van der Waals surface area contributed by atoms with E-state index in [9.17, 15) is 13.2 Å². The summed E-state index contributed by atoms with van der Waals surface area (Å²) in [6.45, 7) is 0.735. The van der Waals surface area contributed by atoms with Crippen LogP contribution in [0.4, 0.5) is 0 Å². The normalized spacial score (nSPS) is 16.9. The smallest absolute Gasteiger partial charge is 0.250 e. The Morgan fingerprint density at radius 1 is 1.26 bits per heavy atom. The molecule has 2 aromatic carbocycles. The molecule has 11 heteroatoms. The van der Waals surface area contributed by atoms with Crippen molar-refractivity contribution in [3.05, 3.63) is 63.6 Å². The number of sulfonamides is 1. The molecule has 3 aromatic rings. The summed E-state index contributed by atoms with van der Waals surface area (Å²) in [5, 5.41) is 8.93. The third-order valence-electron chi connectivity index (χ3n) is 5.00. The van der Waals surface area contributed by atoms with Gasteiger partial charge in [-0.05, 0) is 36.2 Å². The van der Waals surface area contributed by atoms with Crippen molar-refractivity contribution in [1.82, 2.24) is 9.62 Å². The Kier molecular flexibility index (Phi) is 5.97. The van der Waals surface area contributed by atoms with Gasteiger partial charge < -0.3 is 10.6 Å². The maximum absolute atomic E-state index is 12.9. The summed E-state index contributed by atoms with van der Waals surface area (Å²) in [5.74, 6) is -0.344. The lowest BCUT2D eigenvalue weighted by atomic mass is 10.1. The van der Waals surface area contributed by atoms with Gasteiger partial charge in [-0.1, -0.05) is 41.4 Å². The second kappa shape index (κ2) is 8.40. The Balaban J connectivity index is 1.50. The molecule has 4 rings (SSSR count). The number of halogens is 2. The Morgan fingerprint density at radius 3 is 2.77 bits per heavy atom. The van der Waals surface area contributed by atoms with Crippen molar-refractivity contribution in [3.63, 3.8) is 0 Å². The molecule has 1 aliphatic heterocycles. The first-order chi connectivity index (χ1) is 14.6. The van der Waals surface area contributed by atoms with E-state index in [0.29, 0.717) is 45.2 Å². The molecule has 0 bridgehead atoms. The zero-order valence-corrected chi connectivity index (χ0v) is 19.2. The summed E-state index contributed by atoms with van der Waals surface area (Å²) in [6.07, 6.45) is 0.363. The molecule has 31 heavy (non-hydrogen) atoms. The fourth-order valence-corrected chi connectivity index (χ4v) is 6.84. The van der Waals surface area contributed by atoms with E-state index in [2.05, 4.69) is 4.72 Å². The Morgan fingerprint density at radius 2 is 2.03 bits per heavy atom. The van der Waals surface area contributed by atoms with E-state index in [-0.39, 0.29) is 16.0 Å². The van der Waals surface area contributed by atoms with Crippen molar-refractivity contribution < 1.29 is 13.2 Å². The van der Waals surface area contributed by atoms with Gasteiger partial charge in [-0.3, -0.25) is 10.2 Å². The molecule has 4 N–H and O–H groups in total. The Hall–Kier alpha value is -2.17. The van der Waals surface area contributed by atoms with E-state index >= 15 is 0 Å². The summed E-state index contributed by atoms with van der Waals surface area (Å²) in [6, 6.07) is 10.9. The molecule has 1 fully saturated rings. The molecule has 1 saturated heterocycles. The molecule has 1 atom stereocenters. The first-order valence-electron chi connectivity index (χ1n) is 9.27. The number of thiophene rings is 1. The highest BCUT2D eigenvalue weighted by atomic mass is 35.5. The van der Waals surface area contributed by atoms with E-state index in [1.807, 2.05) is 6.07 Å². The van der Waals surface area contributed by atoms with Crippen molar-refractivity contribution in [2.45, 2.75) is 23.2 Å². The molecule has 0 unspecified atom stereocenters. The van der Waals surface area contributed by atoms with Crippen LogP contribution in [-0.2, 0) is 21.4 Å². The number of carbonyl (C=O) groups excluding carboxylic acids is 1. The zero-order valence-electron chi connectivity index (χ0n) is 16.1. The topological polar surface area (TPSA) is 116 Å². The molecule has 1 aromatic heterocycles. The fraction of sp³-hybridized carbons (Fsp3) is 0.200. The number of benzene rings is 2. The molecule has 1 aliphatic rings. The van der Waals surface area contributed by atoms with Crippen molar-refractivity contribution in [3.8, 4) is 0 Å². The molecule has 2 heterocycles. The van der Waals surface area contributed by atoms with E-state index < -0.39 is 16.1 Å². The number of amides is 1. The van der Waals surface area contributed by atoms with Crippen LogP contribution in [0.3, 0.4) is 0 Å². The number of nitrogen functional groups attached to an aromatic ring is 1. The number of hydrogen-bond acceptors (Lipinski definition) is 5. The van der Waals surface area contributed by atoms with E-state index in [1.165, 1.54) is 6.07 Å². The molecule has 1 amide bonds. The average molecular weight is 497 g/mol. The summed E-state index contributed by atoms with van der Waals surface area (Å²) in [5.41, 5.74) is 6.92. The van der Waals surface area contributed by atoms with Crippen LogP contribution in [0.2, 0.25) is 10.0 Å². The maximum Gasteiger partial charge on any atom is 0.250 e. The van der Waals surface area contributed by atoms with Gasteiger partial charge in [-0.15, -0.1) is 11.3 Å². The lowest BCUT2D eigenvalue weighted by Gasteiger charge is -2.17. The number of rotatable bonds is 6. The van der Waals surface area contributed by atoms with Crippen molar-refractivity contribution >= 4 is 66.4 Å². The highest BCUT2D eigenvalue weighted by Gasteiger charge is 2.35. The second-order valence-electron chi connectivity index (χ2n) is 7.20.